The van der Waals surface area contributed by atoms with Crippen molar-refractivity contribution in [2.45, 2.75) is 20.3 Å². The van der Waals surface area contributed by atoms with Gasteiger partial charge in [-0.3, -0.25) is 0 Å². The topological polar surface area (TPSA) is 114 Å². The summed E-state index contributed by atoms with van der Waals surface area (Å²) < 4.78 is 0. The number of aliphatic carboxylic acids is 2. The van der Waals surface area contributed by atoms with E-state index in [0.717, 1.165) is 56.2 Å². The lowest BCUT2D eigenvalue weighted by Gasteiger charge is -2.35. The minimum absolute atomic E-state index is 0.225. The molecule has 35 heavy (non-hydrogen) atoms. The number of fused-ring (bicyclic) bond motifs is 1. The number of rotatable bonds is 6. The predicted molar refractivity (Wildman–Crippen MR) is 137 cm³/mol. The van der Waals surface area contributed by atoms with Crippen LogP contribution in [0, 0.1) is 5.92 Å². The second-order valence-electron chi connectivity index (χ2n) is 8.77. The Morgan fingerprint density at radius 1 is 0.971 bits per heavy atom. The Morgan fingerprint density at radius 2 is 1.60 bits per heavy atom. The first-order chi connectivity index (χ1) is 16.8. The number of carboxylic acid groups (broad SMARTS) is 2. The first-order valence-corrected chi connectivity index (χ1v) is 11.9. The lowest BCUT2D eigenvalue weighted by Crippen LogP contribution is -2.46. The van der Waals surface area contributed by atoms with Crippen LogP contribution >= 0.6 is 0 Å². The predicted octanol–water partition coefficient (Wildman–Crippen LogP) is 3.37. The van der Waals surface area contributed by atoms with Crippen molar-refractivity contribution in [1.82, 2.24) is 9.88 Å². The highest BCUT2D eigenvalue weighted by molar-refractivity contribution is 6.27. The summed E-state index contributed by atoms with van der Waals surface area (Å²) in [4.78, 5) is 28.3. The van der Waals surface area contributed by atoms with Gasteiger partial charge < -0.3 is 25.1 Å². The lowest BCUT2D eigenvalue weighted by molar-refractivity contribution is -0.159. The molecule has 1 fully saturated rings. The van der Waals surface area contributed by atoms with E-state index >= 15 is 0 Å². The highest BCUT2D eigenvalue weighted by atomic mass is 16.4. The third kappa shape index (κ3) is 7.00. The molecule has 0 spiro atoms. The van der Waals surface area contributed by atoms with Crippen LogP contribution < -0.4 is 4.90 Å². The number of benzene rings is 2. The summed E-state index contributed by atoms with van der Waals surface area (Å²) in [7, 11) is 0. The quantitative estimate of drug-likeness (QED) is 0.461. The molecule has 186 valence electrons. The van der Waals surface area contributed by atoms with Gasteiger partial charge in [0, 0.05) is 43.7 Å². The highest BCUT2D eigenvalue weighted by Crippen LogP contribution is 2.31. The van der Waals surface area contributed by atoms with Gasteiger partial charge >= 0.3 is 11.9 Å². The molecule has 1 saturated heterocycles. The number of piperazine rings is 1. The normalized spacial score (nSPS) is 14.8. The Hall–Kier alpha value is -3.49. The standard InChI is InChI=1S/C25H31N3O.C2H2O4/c1-3-27-12-14-28(15-13-27)25-23-7-5-4-6-22(23)17-24(26-25)21-10-8-20(9-11-21)16-19(2)18-29;3-1(4)2(5)6/h4-11,17,19,29H,3,12-16,18H2,1-2H3;(H,3,4)(H,5,6). The molecule has 0 amide bonds. The molecule has 0 radical (unpaired) electrons. The Bertz CT molecular complexity index is 1130. The van der Waals surface area contributed by atoms with Crippen LogP contribution in [0.25, 0.3) is 22.0 Å². The van der Waals surface area contributed by atoms with Gasteiger partial charge in [-0.2, -0.15) is 0 Å². The van der Waals surface area contributed by atoms with Crippen molar-refractivity contribution in [3.8, 4) is 11.3 Å². The maximum atomic E-state index is 9.30. The summed E-state index contributed by atoms with van der Waals surface area (Å²) in [6, 6.07) is 19.4. The molecule has 2 aromatic carbocycles. The molecule has 1 aliphatic heterocycles. The molecule has 1 aromatic heterocycles. The van der Waals surface area contributed by atoms with Gasteiger partial charge in [0.15, 0.2) is 0 Å². The average molecular weight is 480 g/mol. The third-order valence-corrected chi connectivity index (χ3v) is 6.17. The molecular weight excluding hydrogens is 446 g/mol. The van der Waals surface area contributed by atoms with Crippen LogP contribution in [0.15, 0.2) is 54.6 Å². The van der Waals surface area contributed by atoms with Crippen LogP contribution in [0.4, 0.5) is 5.82 Å². The molecule has 0 bridgehead atoms. The number of anilines is 1. The minimum Gasteiger partial charge on any atom is -0.473 e. The van der Waals surface area contributed by atoms with Gasteiger partial charge in [0.2, 0.25) is 0 Å². The summed E-state index contributed by atoms with van der Waals surface area (Å²) in [6.45, 7) is 9.87. The van der Waals surface area contributed by atoms with E-state index in [-0.39, 0.29) is 12.5 Å². The molecular formula is C27H33N3O5. The van der Waals surface area contributed by atoms with E-state index in [1.54, 1.807) is 0 Å². The number of hydrogen-bond acceptors (Lipinski definition) is 6. The van der Waals surface area contributed by atoms with Crippen molar-refractivity contribution in [1.29, 1.82) is 0 Å². The maximum absolute atomic E-state index is 9.30. The van der Waals surface area contributed by atoms with Crippen molar-refractivity contribution in [2.75, 3.05) is 44.2 Å². The van der Waals surface area contributed by atoms with Gasteiger partial charge in [0.25, 0.3) is 0 Å². The van der Waals surface area contributed by atoms with Crippen LogP contribution in [0.3, 0.4) is 0 Å². The number of nitrogens with zero attached hydrogens (tertiary/aromatic N) is 3. The van der Waals surface area contributed by atoms with Crippen LogP contribution in [0.5, 0.6) is 0 Å². The number of aliphatic hydroxyl groups is 1. The maximum Gasteiger partial charge on any atom is 0.414 e. The van der Waals surface area contributed by atoms with Gasteiger partial charge in [-0.15, -0.1) is 0 Å². The second kappa shape index (κ2) is 12.3. The Kier molecular flexibility index (Phi) is 9.17. The number of hydrogen-bond donors (Lipinski definition) is 3. The van der Waals surface area contributed by atoms with E-state index in [9.17, 15) is 5.11 Å². The van der Waals surface area contributed by atoms with Crippen LogP contribution in [0.1, 0.15) is 19.4 Å². The van der Waals surface area contributed by atoms with E-state index in [1.165, 1.54) is 16.3 Å². The molecule has 1 aliphatic rings. The summed E-state index contributed by atoms with van der Waals surface area (Å²) in [5, 5.41) is 26.6. The molecule has 3 N–H and O–H groups in total. The van der Waals surface area contributed by atoms with Gasteiger partial charge in [-0.05, 0) is 35.9 Å². The molecule has 0 aliphatic carbocycles. The van der Waals surface area contributed by atoms with E-state index < -0.39 is 11.9 Å². The Morgan fingerprint density at radius 3 is 2.17 bits per heavy atom. The molecule has 1 atom stereocenters. The highest BCUT2D eigenvalue weighted by Gasteiger charge is 2.19. The largest absolute Gasteiger partial charge is 0.473 e. The molecule has 4 rings (SSSR count). The average Bonchev–Trinajstić information content (AvgIpc) is 2.88. The van der Waals surface area contributed by atoms with E-state index in [0.29, 0.717) is 0 Å². The van der Waals surface area contributed by atoms with Gasteiger partial charge in [-0.25, -0.2) is 14.6 Å². The molecule has 8 heteroatoms. The number of aliphatic hydroxyl groups excluding tert-OH is 1. The third-order valence-electron chi connectivity index (χ3n) is 6.17. The van der Waals surface area contributed by atoms with Crippen LogP contribution in [-0.2, 0) is 16.0 Å². The summed E-state index contributed by atoms with van der Waals surface area (Å²) in [5.41, 5.74) is 3.43. The second-order valence-corrected chi connectivity index (χ2v) is 8.77. The van der Waals surface area contributed by atoms with Crippen molar-refractivity contribution in [3.63, 3.8) is 0 Å². The monoisotopic (exact) mass is 479 g/mol. The number of likely N-dealkylation sites (N-methyl/N-ethyl adjacent to an activating group) is 1. The fraction of sp³-hybridized carbons (Fsp3) is 0.370. The first kappa shape index (κ1) is 26.1. The molecule has 0 saturated carbocycles. The zero-order chi connectivity index (χ0) is 25.4. The number of carboxylic acids is 2. The van der Waals surface area contributed by atoms with Crippen molar-refractivity contribution >= 4 is 28.5 Å². The van der Waals surface area contributed by atoms with Gasteiger partial charge in [-0.1, -0.05) is 62.4 Å². The number of pyridine rings is 1. The summed E-state index contributed by atoms with van der Waals surface area (Å²) in [5.74, 6) is -2.26. The van der Waals surface area contributed by atoms with E-state index in [2.05, 4.69) is 78.2 Å². The van der Waals surface area contributed by atoms with Crippen molar-refractivity contribution in [3.05, 3.63) is 60.2 Å². The van der Waals surface area contributed by atoms with E-state index in [1.807, 2.05) is 0 Å². The zero-order valence-electron chi connectivity index (χ0n) is 20.2. The number of aromatic nitrogens is 1. The Labute approximate surface area is 205 Å². The lowest BCUT2D eigenvalue weighted by atomic mass is 9.99. The van der Waals surface area contributed by atoms with Gasteiger partial charge in [0.1, 0.15) is 5.82 Å². The molecule has 8 nitrogen and oxygen atoms in total. The van der Waals surface area contributed by atoms with E-state index in [4.69, 9.17) is 24.8 Å². The molecule has 2 heterocycles. The fourth-order valence-corrected chi connectivity index (χ4v) is 4.12. The number of carbonyl (C=O) groups is 2. The van der Waals surface area contributed by atoms with Crippen molar-refractivity contribution in [2.24, 2.45) is 5.92 Å². The summed E-state index contributed by atoms with van der Waals surface area (Å²) in [6.07, 6.45) is 0.898. The van der Waals surface area contributed by atoms with Gasteiger partial charge in [0.05, 0.1) is 5.69 Å². The molecule has 1 unspecified atom stereocenters. The fourth-order valence-electron chi connectivity index (χ4n) is 4.12. The van der Waals surface area contributed by atoms with Crippen LogP contribution in [-0.4, -0.2) is 76.5 Å². The first-order valence-electron chi connectivity index (χ1n) is 11.9. The summed E-state index contributed by atoms with van der Waals surface area (Å²) >= 11 is 0. The Balaban J connectivity index is 0.000000509. The van der Waals surface area contributed by atoms with Crippen LogP contribution in [0.2, 0.25) is 0 Å². The zero-order valence-corrected chi connectivity index (χ0v) is 20.2. The smallest absolute Gasteiger partial charge is 0.414 e. The van der Waals surface area contributed by atoms with Crippen molar-refractivity contribution < 1.29 is 24.9 Å². The molecule has 3 aromatic rings. The minimum atomic E-state index is -1.82. The SMILES string of the molecule is CCN1CCN(c2nc(-c3ccc(CC(C)CO)cc3)cc3ccccc23)CC1.O=C(O)C(=O)O.